The van der Waals surface area contributed by atoms with Crippen LogP contribution in [0, 0.1) is 0 Å². The molecule has 0 saturated carbocycles. The summed E-state index contributed by atoms with van der Waals surface area (Å²) >= 11 is 0. The fourth-order valence-corrected chi connectivity index (χ4v) is 2.02. The average molecular weight is 165 g/mol. The van der Waals surface area contributed by atoms with E-state index < -0.39 is 0 Å². The second kappa shape index (κ2) is 2.90. The number of nitrogens with zero attached hydrogens (tertiary/aromatic N) is 2. The van der Waals surface area contributed by atoms with Gasteiger partial charge in [-0.25, -0.2) is 4.98 Å². The number of hydrogen-bond donors (Lipinski definition) is 1. The normalized spacial score (nSPS) is 22.3. The third-order valence-electron chi connectivity index (χ3n) is 2.63. The summed E-state index contributed by atoms with van der Waals surface area (Å²) in [7, 11) is 0. The van der Waals surface area contributed by atoms with Gasteiger partial charge in [-0.05, 0) is 26.2 Å². The summed E-state index contributed by atoms with van der Waals surface area (Å²) in [5, 5.41) is 0. The summed E-state index contributed by atoms with van der Waals surface area (Å²) in [6.45, 7) is 2.80. The van der Waals surface area contributed by atoms with Gasteiger partial charge in [0.25, 0.3) is 0 Å². The highest BCUT2D eigenvalue weighted by atomic mass is 15.1. The summed E-state index contributed by atoms with van der Waals surface area (Å²) in [5.74, 6) is 1.04. The number of nitrogens with two attached hydrogens (primary N) is 1. The van der Waals surface area contributed by atoms with Gasteiger partial charge in [0.05, 0.1) is 6.54 Å². The molecule has 1 atom stereocenters. The van der Waals surface area contributed by atoms with Gasteiger partial charge in [-0.2, -0.15) is 0 Å². The molecule has 2 N–H and O–H groups in total. The zero-order valence-corrected chi connectivity index (χ0v) is 7.45. The first-order valence-corrected chi connectivity index (χ1v) is 4.58. The van der Waals surface area contributed by atoms with Crippen LogP contribution in [-0.4, -0.2) is 9.55 Å². The topological polar surface area (TPSA) is 43.8 Å². The van der Waals surface area contributed by atoms with E-state index in [2.05, 4.69) is 16.5 Å². The minimum atomic E-state index is 0.560. The van der Waals surface area contributed by atoms with Crippen LogP contribution < -0.4 is 5.73 Å². The van der Waals surface area contributed by atoms with Gasteiger partial charge in [0, 0.05) is 17.9 Å². The van der Waals surface area contributed by atoms with Gasteiger partial charge in [0.2, 0.25) is 0 Å². The highest BCUT2D eigenvalue weighted by Crippen LogP contribution is 2.25. The average Bonchev–Trinajstić information content (AvgIpc) is 2.49. The van der Waals surface area contributed by atoms with E-state index in [1.807, 2.05) is 6.20 Å². The number of hydrogen-bond acceptors (Lipinski definition) is 2. The van der Waals surface area contributed by atoms with Crippen LogP contribution in [0.3, 0.4) is 0 Å². The molecule has 12 heavy (non-hydrogen) atoms. The Balaban J connectivity index is 2.43. The second-order valence-electron chi connectivity index (χ2n) is 3.48. The van der Waals surface area contributed by atoms with Gasteiger partial charge in [-0.15, -0.1) is 0 Å². The van der Waals surface area contributed by atoms with Crippen molar-refractivity contribution in [3.63, 3.8) is 0 Å². The SMILES string of the molecule is CC1CCCc2cnc(CN)n21. The molecule has 0 fully saturated rings. The summed E-state index contributed by atoms with van der Waals surface area (Å²) in [6.07, 6.45) is 5.68. The maximum absolute atomic E-state index is 5.60. The van der Waals surface area contributed by atoms with Crippen LogP contribution in [-0.2, 0) is 13.0 Å². The van der Waals surface area contributed by atoms with Crippen LogP contribution in [0.15, 0.2) is 6.20 Å². The molecule has 0 saturated heterocycles. The fourth-order valence-electron chi connectivity index (χ4n) is 2.02. The van der Waals surface area contributed by atoms with E-state index in [1.165, 1.54) is 18.5 Å². The van der Waals surface area contributed by atoms with E-state index in [-0.39, 0.29) is 0 Å². The van der Waals surface area contributed by atoms with Crippen molar-refractivity contribution >= 4 is 0 Å². The Hall–Kier alpha value is -0.830. The maximum Gasteiger partial charge on any atom is 0.122 e. The first-order valence-electron chi connectivity index (χ1n) is 4.58. The number of fused-ring (bicyclic) bond motifs is 1. The molecule has 0 radical (unpaired) electrons. The van der Waals surface area contributed by atoms with Crippen molar-refractivity contribution in [2.75, 3.05) is 0 Å². The number of imidazole rings is 1. The molecule has 1 aromatic heterocycles. The molecule has 1 aliphatic heterocycles. The van der Waals surface area contributed by atoms with Gasteiger partial charge < -0.3 is 10.3 Å². The first kappa shape index (κ1) is 7.80. The number of rotatable bonds is 1. The van der Waals surface area contributed by atoms with Crippen LogP contribution >= 0.6 is 0 Å². The van der Waals surface area contributed by atoms with Crippen molar-refractivity contribution < 1.29 is 0 Å². The Morgan fingerprint density at radius 3 is 3.33 bits per heavy atom. The molecule has 2 heterocycles. The Bertz CT molecular complexity index is 264. The minimum Gasteiger partial charge on any atom is -0.328 e. The fraction of sp³-hybridized carbons (Fsp3) is 0.667. The molecule has 1 aliphatic rings. The molecular weight excluding hydrogens is 150 g/mol. The van der Waals surface area contributed by atoms with Crippen LogP contribution in [0.5, 0.6) is 0 Å². The van der Waals surface area contributed by atoms with Gasteiger partial charge in [0.15, 0.2) is 0 Å². The van der Waals surface area contributed by atoms with Gasteiger partial charge in [-0.3, -0.25) is 0 Å². The molecule has 0 aromatic carbocycles. The molecule has 1 aromatic rings. The van der Waals surface area contributed by atoms with Gasteiger partial charge >= 0.3 is 0 Å². The lowest BCUT2D eigenvalue weighted by Gasteiger charge is -2.23. The van der Waals surface area contributed by atoms with E-state index in [9.17, 15) is 0 Å². The van der Waals surface area contributed by atoms with E-state index in [1.54, 1.807) is 0 Å². The quantitative estimate of drug-likeness (QED) is 0.680. The van der Waals surface area contributed by atoms with Crippen molar-refractivity contribution in [1.82, 2.24) is 9.55 Å². The Morgan fingerprint density at radius 1 is 1.75 bits per heavy atom. The summed E-state index contributed by atoms with van der Waals surface area (Å²) < 4.78 is 2.30. The van der Waals surface area contributed by atoms with Crippen molar-refractivity contribution in [3.05, 3.63) is 17.7 Å². The molecule has 1 unspecified atom stereocenters. The van der Waals surface area contributed by atoms with Crippen molar-refractivity contribution in [2.45, 2.75) is 38.8 Å². The molecule has 3 nitrogen and oxygen atoms in total. The van der Waals surface area contributed by atoms with Gasteiger partial charge in [-0.1, -0.05) is 0 Å². The Morgan fingerprint density at radius 2 is 2.58 bits per heavy atom. The first-order chi connectivity index (χ1) is 5.83. The number of aryl methyl sites for hydroxylation is 1. The lowest BCUT2D eigenvalue weighted by atomic mass is 10.0. The summed E-state index contributed by atoms with van der Waals surface area (Å²) in [4.78, 5) is 4.30. The molecular formula is C9H15N3. The monoisotopic (exact) mass is 165 g/mol. The predicted molar refractivity (Wildman–Crippen MR) is 47.8 cm³/mol. The zero-order valence-electron chi connectivity index (χ0n) is 7.45. The van der Waals surface area contributed by atoms with Crippen molar-refractivity contribution in [1.29, 1.82) is 0 Å². The predicted octanol–water partition coefficient (Wildman–Crippen LogP) is 1.24. The highest BCUT2D eigenvalue weighted by Gasteiger charge is 2.18. The lowest BCUT2D eigenvalue weighted by molar-refractivity contribution is 0.419. The lowest BCUT2D eigenvalue weighted by Crippen LogP contribution is -2.18. The standard InChI is InChI=1S/C9H15N3/c1-7-3-2-4-8-6-11-9(5-10)12(7)8/h6-7H,2-5,10H2,1H3. The second-order valence-corrected chi connectivity index (χ2v) is 3.48. The summed E-state index contributed by atoms with van der Waals surface area (Å²) in [6, 6.07) is 0.592. The maximum atomic E-state index is 5.60. The van der Waals surface area contributed by atoms with Crippen LogP contribution in [0.1, 0.15) is 37.3 Å². The third-order valence-corrected chi connectivity index (χ3v) is 2.63. The van der Waals surface area contributed by atoms with E-state index in [4.69, 9.17) is 5.73 Å². The van der Waals surface area contributed by atoms with Crippen LogP contribution in [0.25, 0.3) is 0 Å². The molecule has 0 aliphatic carbocycles. The Labute approximate surface area is 72.6 Å². The molecule has 0 bridgehead atoms. The third kappa shape index (κ3) is 1.05. The van der Waals surface area contributed by atoms with Crippen LogP contribution in [0.4, 0.5) is 0 Å². The van der Waals surface area contributed by atoms with Crippen molar-refractivity contribution in [3.8, 4) is 0 Å². The van der Waals surface area contributed by atoms with Gasteiger partial charge in [0.1, 0.15) is 5.82 Å². The smallest absolute Gasteiger partial charge is 0.122 e. The highest BCUT2D eigenvalue weighted by molar-refractivity contribution is 5.09. The molecule has 2 rings (SSSR count). The number of aromatic nitrogens is 2. The molecule has 66 valence electrons. The molecule has 0 amide bonds. The minimum absolute atomic E-state index is 0.560. The van der Waals surface area contributed by atoms with Crippen LogP contribution in [0.2, 0.25) is 0 Å². The largest absolute Gasteiger partial charge is 0.328 e. The Kier molecular flexibility index (Phi) is 1.89. The van der Waals surface area contributed by atoms with E-state index in [0.29, 0.717) is 12.6 Å². The van der Waals surface area contributed by atoms with Crippen molar-refractivity contribution in [2.24, 2.45) is 5.73 Å². The van der Waals surface area contributed by atoms with E-state index in [0.717, 1.165) is 12.2 Å². The zero-order chi connectivity index (χ0) is 8.55. The molecule has 3 heteroatoms. The summed E-state index contributed by atoms with van der Waals surface area (Å²) in [5.41, 5.74) is 6.95. The van der Waals surface area contributed by atoms with E-state index >= 15 is 0 Å². The molecule has 0 spiro atoms.